The summed E-state index contributed by atoms with van der Waals surface area (Å²) in [6.07, 6.45) is 3.78. The van der Waals surface area contributed by atoms with Crippen LogP contribution in [0.4, 0.5) is 16.3 Å². The summed E-state index contributed by atoms with van der Waals surface area (Å²) in [5, 5.41) is 5.62. The van der Waals surface area contributed by atoms with Crippen molar-refractivity contribution in [2.45, 2.75) is 19.4 Å². The van der Waals surface area contributed by atoms with Crippen LogP contribution in [0.3, 0.4) is 0 Å². The van der Waals surface area contributed by atoms with Crippen LogP contribution in [-0.4, -0.2) is 61.2 Å². The van der Waals surface area contributed by atoms with E-state index >= 15 is 0 Å². The summed E-state index contributed by atoms with van der Waals surface area (Å²) in [5.41, 5.74) is 2.18. The van der Waals surface area contributed by atoms with E-state index in [2.05, 4.69) is 20.5 Å². The molecule has 2 aromatic rings. The van der Waals surface area contributed by atoms with E-state index in [9.17, 15) is 9.59 Å². The van der Waals surface area contributed by atoms with E-state index in [0.717, 1.165) is 50.4 Å². The van der Waals surface area contributed by atoms with Crippen molar-refractivity contribution in [3.63, 3.8) is 0 Å². The number of rotatable bonds is 5. The Balaban J connectivity index is 1.28. The van der Waals surface area contributed by atoms with Crippen LogP contribution in [0.15, 0.2) is 42.6 Å². The van der Waals surface area contributed by atoms with Gasteiger partial charge in [0.2, 0.25) is 0 Å². The van der Waals surface area contributed by atoms with Gasteiger partial charge in [0.1, 0.15) is 5.82 Å². The molecule has 0 bridgehead atoms. The molecule has 4 rings (SSSR count). The number of pyridine rings is 1. The minimum Gasteiger partial charge on any atom is -0.378 e. The molecule has 2 aliphatic heterocycles. The lowest BCUT2D eigenvalue weighted by Gasteiger charge is -2.27. The van der Waals surface area contributed by atoms with Gasteiger partial charge in [-0.25, -0.2) is 9.78 Å². The fourth-order valence-corrected chi connectivity index (χ4v) is 3.71. The first-order valence-corrected chi connectivity index (χ1v) is 10.4. The summed E-state index contributed by atoms with van der Waals surface area (Å²) in [6.45, 7) is 5.03. The standard InChI is InChI=1S/C22H27N5O3/c28-21(27-8-1-2-9-27)18-5-3-4-17(14-18)15-24-22(29)25-19-6-7-20(23-16-19)26-10-12-30-13-11-26/h3-7,14,16H,1-2,8-13,15H2,(H2,24,25,29). The Labute approximate surface area is 176 Å². The third kappa shape index (κ3) is 5.07. The van der Waals surface area contributed by atoms with Gasteiger partial charge >= 0.3 is 6.03 Å². The summed E-state index contributed by atoms with van der Waals surface area (Å²) < 4.78 is 5.35. The molecule has 30 heavy (non-hydrogen) atoms. The van der Waals surface area contributed by atoms with E-state index in [1.54, 1.807) is 6.20 Å². The summed E-state index contributed by atoms with van der Waals surface area (Å²) in [5.74, 6) is 0.939. The van der Waals surface area contributed by atoms with E-state index in [-0.39, 0.29) is 11.9 Å². The Kier molecular flexibility index (Phi) is 6.44. The molecule has 2 saturated heterocycles. The number of aromatic nitrogens is 1. The van der Waals surface area contributed by atoms with Crippen LogP contribution in [0.1, 0.15) is 28.8 Å². The van der Waals surface area contributed by atoms with Gasteiger partial charge in [-0.1, -0.05) is 12.1 Å². The van der Waals surface area contributed by atoms with Crippen molar-refractivity contribution in [3.05, 3.63) is 53.7 Å². The van der Waals surface area contributed by atoms with Gasteiger partial charge in [0.15, 0.2) is 0 Å². The molecule has 0 saturated carbocycles. The molecule has 0 radical (unpaired) electrons. The molecule has 2 N–H and O–H groups in total. The van der Waals surface area contributed by atoms with Crippen LogP contribution in [-0.2, 0) is 11.3 Å². The average Bonchev–Trinajstić information content (AvgIpc) is 3.33. The SMILES string of the molecule is O=C(NCc1cccc(C(=O)N2CCCC2)c1)Nc1ccc(N2CCOCC2)nc1. The van der Waals surface area contributed by atoms with E-state index in [4.69, 9.17) is 4.74 Å². The van der Waals surface area contributed by atoms with Crippen LogP contribution >= 0.6 is 0 Å². The smallest absolute Gasteiger partial charge is 0.319 e. The van der Waals surface area contributed by atoms with Gasteiger partial charge < -0.3 is 25.2 Å². The quantitative estimate of drug-likeness (QED) is 0.792. The van der Waals surface area contributed by atoms with Gasteiger partial charge in [0.05, 0.1) is 25.1 Å². The molecule has 0 atom stereocenters. The lowest BCUT2D eigenvalue weighted by atomic mass is 10.1. The first kappa shape index (κ1) is 20.2. The van der Waals surface area contributed by atoms with Gasteiger partial charge in [0.25, 0.3) is 5.91 Å². The number of carbonyl (C=O) groups excluding carboxylic acids is 2. The maximum atomic E-state index is 12.5. The number of likely N-dealkylation sites (tertiary alicyclic amines) is 1. The Morgan fingerprint density at radius 3 is 2.57 bits per heavy atom. The maximum Gasteiger partial charge on any atom is 0.319 e. The number of benzene rings is 1. The summed E-state index contributed by atoms with van der Waals surface area (Å²) in [4.78, 5) is 33.2. The third-order valence-electron chi connectivity index (χ3n) is 5.36. The first-order chi connectivity index (χ1) is 14.7. The zero-order valence-electron chi connectivity index (χ0n) is 17.0. The summed E-state index contributed by atoms with van der Waals surface area (Å²) >= 11 is 0. The van der Waals surface area contributed by atoms with Crippen molar-refractivity contribution in [3.8, 4) is 0 Å². The molecule has 0 aliphatic carbocycles. The first-order valence-electron chi connectivity index (χ1n) is 10.4. The highest BCUT2D eigenvalue weighted by molar-refractivity contribution is 5.94. The fourth-order valence-electron chi connectivity index (χ4n) is 3.71. The zero-order chi connectivity index (χ0) is 20.8. The number of morpholine rings is 1. The normalized spacial score (nSPS) is 16.4. The van der Waals surface area contributed by atoms with Gasteiger partial charge in [-0.15, -0.1) is 0 Å². The van der Waals surface area contributed by atoms with Crippen LogP contribution in [0, 0.1) is 0 Å². The number of urea groups is 1. The molecule has 3 amide bonds. The van der Waals surface area contributed by atoms with Crippen molar-refractivity contribution in [2.75, 3.05) is 49.6 Å². The van der Waals surface area contributed by atoms with Crippen LogP contribution in [0.25, 0.3) is 0 Å². The zero-order valence-corrected chi connectivity index (χ0v) is 17.0. The van der Waals surface area contributed by atoms with Crippen molar-refractivity contribution in [1.29, 1.82) is 0 Å². The minimum absolute atomic E-state index is 0.0604. The fraction of sp³-hybridized carbons (Fsp3) is 0.409. The predicted octanol–water partition coefficient (Wildman–Crippen LogP) is 2.48. The topological polar surface area (TPSA) is 86.8 Å². The summed E-state index contributed by atoms with van der Waals surface area (Å²) in [6, 6.07) is 10.9. The maximum absolute atomic E-state index is 12.5. The second kappa shape index (κ2) is 9.58. The third-order valence-corrected chi connectivity index (χ3v) is 5.36. The Bertz CT molecular complexity index is 875. The van der Waals surface area contributed by atoms with Crippen molar-refractivity contribution >= 4 is 23.4 Å². The van der Waals surface area contributed by atoms with Gasteiger partial charge in [-0.05, 0) is 42.7 Å². The molecule has 8 heteroatoms. The highest BCUT2D eigenvalue weighted by Crippen LogP contribution is 2.16. The van der Waals surface area contributed by atoms with E-state index in [0.29, 0.717) is 31.0 Å². The molecule has 0 spiro atoms. The highest BCUT2D eigenvalue weighted by atomic mass is 16.5. The molecular formula is C22H27N5O3. The number of amides is 3. The monoisotopic (exact) mass is 409 g/mol. The second-order valence-electron chi connectivity index (χ2n) is 7.51. The molecule has 1 aromatic heterocycles. The van der Waals surface area contributed by atoms with E-state index in [1.165, 1.54) is 0 Å². The number of anilines is 2. The number of carbonyl (C=O) groups is 2. The number of hydrogen-bond donors (Lipinski definition) is 2. The number of nitrogens with one attached hydrogen (secondary N) is 2. The number of nitrogens with zero attached hydrogens (tertiary/aromatic N) is 3. The van der Waals surface area contributed by atoms with Gasteiger partial charge in [-0.2, -0.15) is 0 Å². The molecule has 3 heterocycles. The molecule has 158 valence electrons. The Hall–Kier alpha value is -3.13. The van der Waals surface area contributed by atoms with Gasteiger partial charge in [-0.3, -0.25) is 4.79 Å². The molecule has 8 nitrogen and oxygen atoms in total. The number of hydrogen-bond acceptors (Lipinski definition) is 5. The molecule has 1 aromatic carbocycles. The van der Waals surface area contributed by atoms with Gasteiger partial charge in [0, 0.05) is 38.3 Å². The molecule has 2 fully saturated rings. The largest absolute Gasteiger partial charge is 0.378 e. The Morgan fingerprint density at radius 2 is 1.83 bits per heavy atom. The predicted molar refractivity (Wildman–Crippen MR) is 115 cm³/mol. The average molecular weight is 409 g/mol. The van der Waals surface area contributed by atoms with Crippen molar-refractivity contribution in [2.24, 2.45) is 0 Å². The van der Waals surface area contributed by atoms with Crippen LogP contribution in [0.2, 0.25) is 0 Å². The van der Waals surface area contributed by atoms with Crippen molar-refractivity contribution in [1.82, 2.24) is 15.2 Å². The molecule has 0 unspecified atom stereocenters. The lowest BCUT2D eigenvalue weighted by molar-refractivity contribution is 0.0792. The molecule has 2 aliphatic rings. The Morgan fingerprint density at radius 1 is 1.03 bits per heavy atom. The second-order valence-corrected chi connectivity index (χ2v) is 7.51. The van der Waals surface area contributed by atoms with E-state index < -0.39 is 0 Å². The van der Waals surface area contributed by atoms with E-state index in [1.807, 2.05) is 41.3 Å². The molecular weight excluding hydrogens is 382 g/mol. The van der Waals surface area contributed by atoms with Crippen LogP contribution < -0.4 is 15.5 Å². The van der Waals surface area contributed by atoms with Crippen molar-refractivity contribution < 1.29 is 14.3 Å². The minimum atomic E-state index is -0.313. The number of ether oxygens (including phenoxy) is 1. The summed E-state index contributed by atoms with van der Waals surface area (Å²) in [7, 11) is 0. The highest BCUT2D eigenvalue weighted by Gasteiger charge is 2.19. The lowest BCUT2D eigenvalue weighted by Crippen LogP contribution is -2.36. The van der Waals surface area contributed by atoms with Crippen LogP contribution in [0.5, 0.6) is 0 Å².